The molecule has 0 aromatic rings. The molecule has 0 saturated carbocycles. The molecule has 5 fully saturated rings. The van der Waals surface area contributed by atoms with Crippen molar-refractivity contribution in [1.82, 2.24) is 0 Å². The van der Waals surface area contributed by atoms with E-state index in [0.717, 1.165) is 62.5 Å². The third kappa shape index (κ3) is 14.9. The molecule has 4 unspecified atom stereocenters. The van der Waals surface area contributed by atoms with Gasteiger partial charge < -0.3 is 42.1 Å². The largest absolute Gasteiger partial charge is 0.408 e. The van der Waals surface area contributed by atoms with E-state index in [1.54, 1.807) is 0 Å². The molecule has 0 aromatic carbocycles. The van der Waals surface area contributed by atoms with Gasteiger partial charge in [0.25, 0.3) is 0 Å². The summed E-state index contributed by atoms with van der Waals surface area (Å²) in [6.07, 6.45) is 9.69. The predicted molar refractivity (Wildman–Crippen MR) is 305 cm³/mol. The van der Waals surface area contributed by atoms with Crippen LogP contribution in [0.5, 0.6) is 0 Å². The molecular weight excluding hydrogens is 965 g/mol. The molecule has 18 atom stereocenters. The fourth-order valence-corrected chi connectivity index (χ4v) is 15.4. The Morgan fingerprint density at radius 2 is 1.19 bits per heavy atom. The lowest BCUT2D eigenvalue weighted by atomic mass is 9.78. The number of carbonyl (C=O) groups is 1. The highest BCUT2D eigenvalue weighted by atomic mass is 28.4. The zero-order valence-electron chi connectivity index (χ0n) is 49.8. The van der Waals surface area contributed by atoms with Crippen LogP contribution in [0.15, 0.2) is 36.5 Å². The van der Waals surface area contributed by atoms with E-state index in [9.17, 15) is 9.90 Å². The van der Waals surface area contributed by atoms with Gasteiger partial charge in [-0.3, -0.25) is 4.79 Å². The van der Waals surface area contributed by atoms with Crippen molar-refractivity contribution in [3.8, 4) is 0 Å². The average molecular weight is 1070 g/mol. The summed E-state index contributed by atoms with van der Waals surface area (Å²) in [5, 5.41) is 11.5. The lowest BCUT2D eigenvalue weighted by molar-refractivity contribution is -0.266. The van der Waals surface area contributed by atoms with Crippen LogP contribution in [0, 0.1) is 23.7 Å². The third-order valence-corrected chi connectivity index (χ3v) is 33.4. The molecule has 8 aliphatic rings. The van der Waals surface area contributed by atoms with Crippen LogP contribution in [0.25, 0.3) is 0 Å². The van der Waals surface area contributed by atoms with Crippen molar-refractivity contribution >= 4 is 30.7 Å². The average Bonchev–Trinajstić information content (AvgIpc) is 3.77. The molecule has 0 aliphatic carbocycles. The summed E-state index contributed by atoms with van der Waals surface area (Å²) in [4.78, 5) is 14.8. The molecule has 73 heavy (non-hydrogen) atoms. The van der Waals surface area contributed by atoms with E-state index < -0.39 is 61.6 Å². The smallest absolute Gasteiger partial charge is 0.193 e. The van der Waals surface area contributed by atoms with Crippen LogP contribution in [-0.4, -0.2) is 121 Å². The summed E-state index contributed by atoms with van der Waals surface area (Å²) in [5.41, 5.74) is 2.26. The van der Waals surface area contributed by atoms with Crippen LogP contribution in [-0.2, 0) is 41.8 Å². The van der Waals surface area contributed by atoms with Crippen molar-refractivity contribution in [2.75, 3.05) is 0 Å². The van der Waals surface area contributed by atoms with Gasteiger partial charge in [-0.25, -0.2) is 0 Å². The second-order valence-corrected chi connectivity index (χ2v) is 43.1. The first-order valence-corrected chi connectivity index (χ1v) is 37.9. The van der Waals surface area contributed by atoms with Crippen molar-refractivity contribution in [1.29, 1.82) is 0 Å². The summed E-state index contributed by atoms with van der Waals surface area (Å²) in [5.74, 6) is 1.36. The Morgan fingerprint density at radius 3 is 1.79 bits per heavy atom. The zero-order chi connectivity index (χ0) is 54.4. The number of Topliss-reactive ketones (excluding diaryl/α,β-unsaturated/α-hetero) is 1. The maximum absolute atomic E-state index is 14.8. The Kier molecular flexibility index (Phi) is 20.1. The summed E-state index contributed by atoms with van der Waals surface area (Å²) in [7, 11) is -7.46. The highest BCUT2D eigenvalue weighted by Gasteiger charge is 2.58. The van der Waals surface area contributed by atoms with E-state index in [0.29, 0.717) is 43.9 Å². The van der Waals surface area contributed by atoms with Crippen molar-refractivity contribution < 1.29 is 46.9 Å². The van der Waals surface area contributed by atoms with Crippen LogP contribution in [0.2, 0.25) is 54.4 Å². The van der Waals surface area contributed by atoms with Crippen LogP contribution < -0.4 is 0 Å². The van der Waals surface area contributed by atoms with Crippen LogP contribution in [0.1, 0.15) is 173 Å². The number of aliphatic hydroxyl groups is 1. The quantitative estimate of drug-likeness (QED) is 0.177. The lowest BCUT2D eigenvalue weighted by Gasteiger charge is -2.56. The fraction of sp³-hybridized carbons (Fsp3) is 0.883. The second kappa shape index (κ2) is 23.9. The van der Waals surface area contributed by atoms with Gasteiger partial charge in [0.2, 0.25) is 0 Å². The molecule has 420 valence electrons. The SMILES string of the molecule is C=C1C2C[C@@H]3O[C@H](C[C@H](C)CC)[C@H](C)C3CC(=O)C[C@H]3CC[C@@H]4O[C@H]([C@@H](O[Si](C)(C)C(C)(C)C)[C@@H](O[Si](C)(C)C(C)(C)C)[C@H]4O3)[C@@H](O[Si](C)(C)C(C)(C)C)/C=C/C(O)CCC3CC(=C)[C@H](CC[C@@H](C[C@H]1C)O2)O3. The van der Waals surface area contributed by atoms with Gasteiger partial charge in [-0.2, -0.15) is 0 Å². The van der Waals surface area contributed by atoms with Gasteiger partial charge in [0.1, 0.15) is 30.2 Å². The number of aliphatic hydroxyl groups excluding tert-OH is 1. The molecule has 1 N–H and O–H groups in total. The van der Waals surface area contributed by atoms with E-state index in [1.807, 2.05) is 6.08 Å². The maximum Gasteiger partial charge on any atom is 0.193 e. The van der Waals surface area contributed by atoms with Gasteiger partial charge in [-0.1, -0.05) is 122 Å². The number of ketones is 1. The highest BCUT2D eigenvalue weighted by molar-refractivity contribution is 6.75. The number of fused-ring (bicyclic) bond motifs is 2. The summed E-state index contributed by atoms with van der Waals surface area (Å²) >= 11 is 0. The van der Waals surface area contributed by atoms with Gasteiger partial charge in [0.05, 0.1) is 61.0 Å². The third-order valence-electron chi connectivity index (χ3n) is 20.0. The van der Waals surface area contributed by atoms with Gasteiger partial charge >= 0.3 is 0 Å². The Morgan fingerprint density at radius 1 is 0.644 bits per heavy atom. The summed E-state index contributed by atoms with van der Waals surface area (Å²) in [6, 6.07) is 0. The maximum atomic E-state index is 14.8. The van der Waals surface area contributed by atoms with Crippen molar-refractivity contribution in [3.05, 3.63) is 36.5 Å². The van der Waals surface area contributed by atoms with Crippen molar-refractivity contribution in [2.45, 2.75) is 313 Å². The minimum Gasteiger partial charge on any atom is -0.408 e. The van der Waals surface area contributed by atoms with E-state index in [-0.39, 0.29) is 81.6 Å². The summed E-state index contributed by atoms with van der Waals surface area (Å²) in [6.45, 7) is 52.6. The molecule has 0 aromatic heterocycles. The topological polar surface area (TPSA) is 111 Å². The minimum atomic E-state index is -2.52. The summed E-state index contributed by atoms with van der Waals surface area (Å²) < 4.78 is 58.5. The molecule has 0 amide bonds. The Labute approximate surface area is 449 Å². The van der Waals surface area contributed by atoms with Gasteiger partial charge in [0.15, 0.2) is 25.0 Å². The van der Waals surface area contributed by atoms with E-state index in [2.05, 4.69) is 149 Å². The predicted octanol–water partition coefficient (Wildman–Crippen LogP) is 14.2. The van der Waals surface area contributed by atoms with Crippen LogP contribution >= 0.6 is 0 Å². The zero-order valence-corrected chi connectivity index (χ0v) is 52.8. The molecule has 5 saturated heterocycles. The highest BCUT2D eigenvalue weighted by Crippen LogP contribution is 2.49. The number of rotatable bonds is 9. The molecule has 0 radical (unpaired) electrons. The van der Waals surface area contributed by atoms with Gasteiger partial charge in [0, 0.05) is 19.3 Å². The first kappa shape index (κ1) is 61.4. The lowest BCUT2D eigenvalue weighted by Crippen LogP contribution is -2.69. The van der Waals surface area contributed by atoms with Crippen molar-refractivity contribution in [3.63, 3.8) is 0 Å². The first-order valence-electron chi connectivity index (χ1n) is 29.2. The Hall–Kier alpha value is -0.819. The van der Waals surface area contributed by atoms with Crippen molar-refractivity contribution in [2.24, 2.45) is 23.7 Å². The number of hydrogen-bond donors (Lipinski definition) is 1. The number of hydrogen-bond acceptors (Lipinski definition) is 10. The monoisotopic (exact) mass is 1070 g/mol. The Balaban J connectivity index is 1.42. The molecular formula is C60H108O10Si3. The standard InChI is InChI=1S/C60H108O10Si3/c1-22-37(2)31-51-41(6)47-35-43(62)34-46-27-30-49-54(65-46)56(69-72(18,19)59(10,11)12)57(70-73(20,21)60(13,14)15)55(67-49)50(68-71(16,17)58(7,8)9)28-24-42(61)23-25-44-33-39(4)48(63-44)29-26-45-32-38(3)40(5)52(64-45)36-53(47)66-51/h24,28,37-38,41-42,44-57,61H,4-5,22-23,25-27,29-36H2,1-3,6-21H3/b28-24+/t37-,38-,41-,42?,44?,45+,46-,47?,48+,49+,50+,51-,52?,53+,54+,55+,56+,57-/m1/s1. The molecule has 8 aliphatic heterocycles. The molecule has 8 bridgehead atoms. The molecule has 8 rings (SSSR count). The fourth-order valence-electron chi connectivity index (χ4n) is 11.6. The van der Waals surface area contributed by atoms with E-state index in [4.69, 9.17) is 37.0 Å². The van der Waals surface area contributed by atoms with E-state index >= 15 is 0 Å². The molecule has 8 heterocycles. The molecule has 10 nitrogen and oxygen atoms in total. The van der Waals surface area contributed by atoms with Crippen LogP contribution in [0.3, 0.4) is 0 Å². The first-order chi connectivity index (χ1) is 33.6. The minimum absolute atomic E-state index is 0.00835. The van der Waals surface area contributed by atoms with Gasteiger partial charge in [-0.05, 0) is 147 Å². The Bertz CT molecular complexity index is 1900. The molecule has 0 spiro atoms. The van der Waals surface area contributed by atoms with Gasteiger partial charge in [-0.15, -0.1) is 0 Å². The van der Waals surface area contributed by atoms with E-state index in [1.165, 1.54) is 0 Å². The van der Waals surface area contributed by atoms with Crippen LogP contribution in [0.4, 0.5) is 0 Å². The number of carbonyl (C=O) groups excluding carboxylic acids is 1. The normalized spacial score (nSPS) is 39.2. The number of ether oxygens (including phenoxy) is 5. The molecule has 13 heteroatoms. The second-order valence-electron chi connectivity index (χ2n) is 28.8.